The Bertz CT molecular complexity index is 1880. The SMILES string of the molecule is CC[C@H]1OC(=O)[C@H](C)[C@@H](O[C@H]2C[C@@](C)(OC)[C@@H](O)[C@H](C)O2)[C@H](C)[C@@H](O[C@@H]2O[C@H](C)C[C@H](N(C)C)[C@H]2O)[C@](C)(O)C[C@@H](C)CN(CCCNC(=S)Nc2ccc(C3CC4CCC3C4)cc2)[C@H](C)[C@@H](O)[C@]1(C)O. The Kier molecular flexibility index (Phi) is 19.9. The van der Waals surface area contributed by atoms with Crippen molar-refractivity contribution in [2.45, 2.75) is 223 Å². The van der Waals surface area contributed by atoms with Gasteiger partial charge in [-0.1, -0.05) is 39.3 Å². The number of nitrogens with one attached hydrogen (secondary N) is 2. The number of carbonyl (C=O) groups is 1. The fraction of sp³-hybridized carbons (Fsp3) is 0.852. The van der Waals surface area contributed by atoms with Crippen LogP contribution in [0.1, 0.15) is 139 Å². The number of cyclic esters (lactones) is 1. The van der Waals surface area contributed by atoms with Gasteiger partial charge in [0.1, 0.15) is 30.0 Å². The van der Waals surface area contributed by atoms with Crippen molar-refractivity contribution in [3.8, 4) is 0 Å². The number of carbonyl (C=O) groups excluding carboxylic acids is 1. The molecule has 5 fully saturated rings. The Labute approximate surface area is 430 Å². The Morgan fingerprint density at radius 2 is 1.62 bits per heavy atom. The van der Waals surface area contributed by atoms with Crippen LogP contribution in [0, 0.1) is 29.6 Å². The van der Waals surface area contributed by atoms with Gasteiger partial charge in [-0.05, 0) is 161 Å². The van der Waals surface area contributed by atoms with E-state index in [9.17, 15) is 30.3 Å². The maximum Gasteiger partial charge on any atom is 0.311 e. The maximum absolute atomic E-state index is 14.6. The molecule has 5 aliphatic rings. The van der Waals surface area contributed by atoms with Crippen LogP contribution in [-0.2, 0) is 33.2 Å². The predicted molar refractivity (Wildman–Crippen MR) is 277 cm³/mol. The van der Waals surface area contributed by atoms with Crippen LogP contribution in [0.3, 0.4) is 0 Å². The number of anilines is 1. The third-order valence-electron chi connectivity index (χ3n) is 17.3. The highest BCUT2D eigenvalue weighted by Crippen LogP contribution is 2.53. The van der Waals surface area contributed by atoms with E-state index in [2.05, 4.69) is 39.8 Å². The molecule has 16 nitrogen and oxygen atoms in total. The lowest BCUT2D eigenvalue weighted by molar-refractivity contribution is -0.318. The first-order valence-electron chi connectivity index (χ1n) is 26.7. The normalized spacial score (nSPS) is 44.2. The monoisotopic (exact) mass is 1020 g/mol. The zero-order valence-corrected chi connectivity index (χ0v) is 45.9. The first-order chi connectivity index (χ1) is 33.3. The first kappa shape index (κ1) is 58.2. The molecule has 3 aliphatic heterocycles. The standard InChI is InChI=1S/C54H92N4O12S/c1-14-42-54(10,64)46(60)34(6)58(23-15-22-55-51(71)56-39-20-18-37(19-21-39)40-26-36-16-17-38(40)25-36)29-30(2)27-52(8,63)48(70-50-44(59)41(57(11)12)24-31(3)66-50)32(4)45(33(5)49(62)68-42)69-43-28-53(9,65-13)47(61)35(7)67-43/h18-21,30-36,38,40-48,50,59-61,63-64H,14-17,22-29H2,1-13H3,(H2,55,56,71)/t30-,31-,32+,33-,34-,35+,36?,38?,40?,41+,42-,43+,44-,45+,46-,47+,48-,50+,52-,53-,54-/m1/s1. The van der Waals surface area contributed by atoms with Crippen LogP contribution in [0.25, 0.3) is 0 Å². The van der Waals surface area contributed by atoms with Crippen molar-refractivity contribution in [3.63, 3.8) is 0 Å². The average Bonchev–Trinajstić information content (AvgIpc) is 3.96. The fourth-order valence-electron chi connectivity index (χ4n) is 13.0. The van der Waals surface area contributed by atoms with Gasteiger partial charge in [0.25, 0.3) is 0 Å². The van der Waals surface area contributed by atoms with Gasteiger partial charge < -0.3 is 69.5 Å². The molecule has 406 valence electrons. The van der Waals surface area contributed by atoms with E-state index in [0.717, 1.165) is 17.5 Å². The van der Waals surface area contributed by atoms with Gasteiger partial charge in [0.2, 0.25) is 0 Å². The Morgan fingerprint density at radius 3 is 2.23 bits per heavy atom. The summed E-state index contributed by atoms with van der Waals surface area (Å²) in [6, 6.07) is 7.75. The second-order valence-electron chi connectivity index (χ2n) is 23.4. The molecule has 6 rings (SSSR count). The highest BCUT2D eigenvalue weighted by Gasteiger charge is 2.53. The fourth-order valence-corrected chi connectivity index (χ4v) is 13.2. The lowest BCUT2D eigenvalue weighted by Crippen LogP contribution is -2.60. The Morgan fingerprint density at radius 1 is 0.930 bits per heavy atom. The van der Waals surface area contributed by atoms with Crippen LogP contribution in [0.4, 0.5) is 5.69 Å². The van der Waals surface area contributed by atoms with Crippen LogP contribution in [0.15, 0.2) is 24.3 Å². The molecule has 21 atom stereocenters. The number of rotatable bonds is 13. The van der Waals surface area contributed by atoms with Gasteiger partial charge in [0.15, 0.2) is 17.7 Å². The van der Waals surface area contributed by atoms with Gasteiger partial charge in [0, 0.05) is 56.9 Å². The number of fused-ring (bicyclic) bond motifs is 2. The highest BCUT2D eigenvalue weighted by molar-refractivity contribution is 7.80. The summed E-state index contributed by atoms with van der Waals surface area (Å²) in [5, 5.41) is 67.4. The number of hydrogen-bond acceptors (Lipinski definition) is 15. The number of likely N-dealkylation sites (N-methyl/N-ethyl adjacent to an activating group) is 1. The molecule has 0 amide bonds. The molecule has 3 heterocycles. The van der Waals surface area contributed by atoms with Crippen molar-refractivity contribution in [1.82, 2.24) is 15.1 Å². The average molecular weight is 1020 g/mol. The largest absolute Gasteiger partial charge is 0.459 e. The van der Waals surface area contributed by atoms with E-state index in [1.807, 2.05) is 46.7 Å². The number of esters is 1. The van der Waals surface area contributed by atoms with E-state index >= 15 is 0 Å². The van der Waals surface area contributed by atoms with E-state index in [4.69, 9.17) is 40.6 Å². The van der Waals surface area contributed by atoms with Crippen LogP contribution in [-0.4, -0.2) is 178 Å². The third kappa shape index (κ3) is 13.7. The summed E-state index contributed by atoms with van der Waals surface area (Å²) in [6.07, 6.45) is -2.70. The van der Waals surface area contributed by atoms with Crippen molar-refractivity contribution in [1.29, 1.82) is 0 Å². The predicted octanol–water partition coefficient (Wildman–Crippen LogP) is 5.55. The second-order valence-corrected chi connectivity index (χ2v) is 23.8. The minimum atomic E-state index is -1.88. The molecular weight excluding hydrogens is 929 g/mol. The summed E-state index contributed by atoms with van der Waals surface area (Å²) in [6.45, 7) is 19.2. The summed E-state index contributed by atoms with van der Waals surface area (Å²) in [5.74, 6) is -0.399. The van der Waals surface area contributed by atoms with E-state index in [-0.39, 0.29) is 37.3 Å². The minimum Gasteiger partial charge on any atom is -0.459 e. The van der Waals surface area contributed by atoms with Crippen molar-refractivity contribution in [2.24, 2.45) is 29.6 Å². The van der Waals surface area contributed by atoms with Crippen LogP contribution in [0.2, 0.25) is 0 Å². The molecular formula is C54H92N4O12S. The van der Waals surface area contributed by atoms with Gasteiger partial charge in [-0.15, -0.1) is 0 Å². The molecule has 71 heavy (non-hydrogen) atoms. The van der Waals surface area contributed by atoms with E-state index in [0.29, 0.717) is 43.5 Å². The minimum absolute atomic E-state index is 0.115. The Balaban J connectivity index is 1.25. The van der Waals surface area contributed by atoms with Crippen LogP contribution >= 0.6 is 12.2 Å². The Hall–Kier alpha value is -2.10. The number of hydrogen-bond donors (Lipinski definition) is 7. The highest BCUT2D eigenvalue weighted by atomic mass is 32.1. The number of aliphatic hydroxyl groups is 5. The molecule has 17 heteroatoms. The van der Waals surface area contributed by atoms with Crippen LogP contribution < -0.4 is 10.6 Å². The van der Waals surface area contributed by atoms with Crippen molar-refractivity contribution < 1.29 is 58.7 Å². The van der Waals surface area contributed by atoms with Gasteiger partial charge in [-0.2, -0.15) is 0 Å². The third-order valence-corrected chi connectivity index (χ3v) is 17.5. The molecule has 1 aromatic carbocycles. The van der Waals surface area contributed by atoms with E-state index in [1.165, 1.54) is 45.3 Å². The number of benzene rings is 1. The zero-order valence-electron chi connectivity index (χ0n) is 45.1. The molecule has 3 unspecified atom stereocenters. The van der Waals surface area contributed by atoms with Gasteiger partial charge in [0.05, 0.1) is 41.5 Å². The van der Waals surface area contributed by atoms with Gasteiger partial charge in [-0.25, -0.2) is 0 Å². The van der Waals surface area contributed by atoms with Crippen molar-refractivity contribution >= 4 is 29.0 Å². The summed E-state index contributed by atoms with van der Waals surface area (Å²) < 4.78 is 38.3. The summed E-state index contributed by atoms with van der Waals surface area (Å²) in [7, 11) is 5.30. The van der Waals surface area contributed by atoms with Crippen molar-refractivity contribution in [2.75, 3.05) is 46.2 Å². The number of thiocarbonyl (C=S) groups is 1. The van der Waals surface area contributed by atoms with Crippen LogP contribution in [0.5, 0.6) is 0 Å². The van der Waals surface area contributed by atoms with Gasteiger partial charge >= 0.3 is 5.97 Å². The molecule has 0 radical (unpaired) electrons. The molecule has 0 spiro atoms. The smallest absolute Gasteiger partial charge is 0.311 e. The summed E-state index contributed by atoms with van der Waals surface area (Å²) in [5.41, 5.74) is -2.21. The summed E-state index contributed by atoms with van der Waals surface area (Å²) in [4.78, 5) is 18.7. The maximum atomic E-state index is 14.6. The number of methoxy groups -OCH3 is 1. The number of aliphatic hydroxyl groups excluding tert-OH is 3. The second kappa shape index (κ2) is 24.3. The lowest BCUT2D eigenvalue weighted by atomic mass is 9.77. The van der Waals surface area contributed by atoms with E-state index in [1.54, 1.807) is 34.6 Å². The zero-order chi connectivity index (χ0) is 52.3. The van der Waals surface area contributed by atoms with Crippen molar-refractivity contribution in [3.05, 3.63) is 29.8 Å². The molecule has 1 aromatic rings. The quantitative estimate of drug-likeness (QED) is 0.0736. The topological polar surface area (TPSA) is 204 Å². The summed E-state index contributed by atoms with van der Waals surface area (Å²) >= 11 is 5.73. The van der Waals surface area contributed by atoms with Gasteiger partial charge in [-0.3, -0.25) is 9.69 Å². The molecule has 2 aliphatic carbocycles. The van der Waals surface area contributed by atoms with E-state index < -0.39 is 96.0 Å². The number of nitrogens with zero attached hydrogens (tertiary/aromatic N) is 2. The molecule has 0 aromatic heterocycles. The molecule has 7 N–H and O–H groups in total. The molecule has 2 bridgehead atoms. The lowest BCUT2D eigenvalue weighted by Gasteiger charge is -2.48. The molecule has 3 saturated heterocycles. The molecule has 2 saturated carbocycles. The first-order valence-corrected chi connectivity index (χ1v) is 27.1. The number of ether oxygens (including phenoxy) is 6.